The average Bonchev–Trinajstić information content (AvgIpc) is 1.98. The standard InChI is InChI=1S/C12H20/c1-9(2)11(5)7-8-12(6)10(3)4/h7H,1,8H2,2-6H3. The average molecular weight is 164 g/mol. The maximum Gasteiger partial charge on any atom is -0.0133 e. The van der Waals surface area contributed by atoms with Gasteiger partial charge in [0.15, 0.2) is 0 Å². The van der Waals surface area contributed by atoms with Gasteiger partial charge in [-0.25, -0.2) is 0 Å². The van der Waals surface area contributed by atoms with Crippen molar-refractivity contribution >= 4 is 0 Å². The van der Waals surface area contributed by atoms with Crippen LogP contribution in [0.15, 0.2) is 34.9 Å². The number of allylic oxidation sites excluding steroid dienone is 5. The molecular formula is C12H20. The van der Waals surface area contributed by atoms with E-state index in [1.807, 2.05) is 6.92 Å². The Balaban J connectivity index is 4.24. The predicted octanol–water partition coefficient (Wildman–Crippen LogP) is 4.26. The van der Waals surface area contributed by atoms with E-state index in [9.17, 15) is 0 Å². The molecule has 0 radical (unpaired) electrons. The molecule has 0 aliphatic heterocycles. The topological polar surface area (TPSA) is 0 Å². The summed E-state index contributed by atoms with van der Waals surface area (Å²) in [7, 11) is 0. The van der Waals surface area contributed by atoms with E-state index in [1.54, 1.807) is 0 Å². The van der Waals surface area contributed by atoms with Crippen LogP contribution in [0.1, 0.15) is 41.0 Å². The van der Waals surface area contributed by atoms with E-state index < -0.39 is 0 Å². The minimum Gasteiger partial charge on any atom is -0.0959 e. The molecule has 0 fully saturated rings. The van der Waals surface area contributed by atoms with Gasteiger partial charge in [0.25, 0.3) is 0 Å². The molecule has 12 heavy (non-hydrogen) atoms. The summed E-state index contributed by atoms with van der Waals surface area (Å²) in [6, 6.07) is 0. The van der Waals surface area contributed by atoms with Gasteiger partial charge in [0.05, 0.1) is 0 Å². The Morgan fingerprint density at radius 2 is 1.58 bits per heavy atom. The highest BCUT2D eigenvalue weighted by Gasteiger charge is 1.91. The highest BCUT2D eigenvalue weighted by Crippen LogP contribution is 2.12. The van der Waals surface area contributed by atoms with Crippen molar-refractivity contribution in [3.8, 4) is 0 Å². The van der Waals surface area contributed by atoms with Gasteiger partial charge in [-0.3, -0.25) is 0 Å². The van der Waals surface area contributed by atoms with Gasteiger partial charge in [-0.2, -0.15) is 0 Å². The van der Waals surface area contributed by atoms with Gasteiger partial charge in [-0.15, -0.1) is 0 Å². The van der Waals surface area contributed by atoms with Gasteiger partial charge in [0, 0.05) is 0 Å². The molecule has 0 nitrogen and oxygen atoms in total. The molecule has 0 aliphatic carbocycles. The van der Waals surface area contributed by atoms with Gasteiger partial charge in [0.1, 0.15) is 0 Å². The van der Waals surface area contributed by atoms with Crippen LogP contribution in [-0.4, -0.2) is 0 Å². The van der Waals surface area contributed by atoms with Crippen LogP contribution in [-0.2, 0) is 0 Å². The third kappa shape index (κ3) is 4.17. The Bertz CT molecular complexity index is 222. The van der Waals surface area contributed by atoms with Crippen LogP contribution < -0.4 is 0 Å². The van der Waals surface area contributed by atoms with Crippen molar-refractivity contribution in [1.82, 2.24) is 0 Å². The zero-order chi connectivity index (χ0) is 9.72. The minimum absolute atomic E-state index is 1.06. The molecule has 68 valence electrons. The molecule has 0 heterocycles. The van der Waals surface area contributed by atoms with Crippen LogP contribution in [0.4, 0.5) is 0 Å². The molecule has 0 aromatic rings. The van der Waals surface area contributed by atoms with Crippen LogP contribution in [0.3, 0.4) is 0 Å². The summed E-state index contributed by atoms with van der Waals surface area (Å²) in [5.74, 6) is 0. The first kappa shape index (κ1) is 11.2. The Labute approximate surface area is 76.7 Å². The molecule has 0 aliphatic rings. The largest absolute Gasteiger partial charge is 0.0959 e. The molecule has 0 amide bonds. The highest BCUT2D eigenvalue weighted by atomic mass is 14.0. The Kier molecular flexibility index (Phi) is 4.65. The van der Waals surface area contributed by atoms with Crippen LogP contribution in [0, 0.1) is 0 Å². The van der Waals surface area contributed by atoms with Crippen molar-refractivity contribution in [2.75, 3.05) is 0 Å². The monoisotopic (exact) mass is 164 g/mol. The van der Waals surface area contributed by atoms with Crippen molar-refractivity contribution in [1.29, 1.82) is 0 Å². The molecule has 0 rings (SSSR count). The Hall–Kier alpha value is -0.780. The fourth-order valence-electron chi connectivity index (χ4n) is 0.685. The smallest absolute Gasteiger partial charge is 0.0133 e. The SMILES string of the molecule is C=C(C)C(C)=CCC(C)=C(C)C. The van der Waals surface area contributed by atoms with Crippen molar-refractivity contribution < 1.29 is 0 Å². The molecule has 0 atom stereocenters. The van der Waals surface area contributed by atoms with E-state index in [-0.39, 0.29) is 0 Å². The van der Waals surface area contributed by atoms with E-state index in [0.717, 1.165) is 12.0 Å². The molecule has 0 N–H and O–H groups in total. The quantitative estimate of drug-likeness (QED) is 0.432. The lowest BCUT2D eigenvalue weighted by atomic mass is 10.1. The molecule has 0 spiro atoms. The molecule has 0 heteroatoms. The lowest BCUT2D eigenvalue weighted by Gasteiger charge is -2.01. The number of hydrogen-bond acceptors (Lipinski definition) is 0. The second-order valence-electron chi connectivity index (χ2n) is 3.65. The molecule has 0 unspecified atom stereocenters. The van der Waals surface area contributed by atoms with Crippen LogP contribution in [0.2, 0.25) is 0 Å². The van der Waals surface area contributed by atoms with Gasteiger partial charge >= 0.3 is 0 Å². The number of hydrogen-bond donors (Lipinski definition) is 0. The van der Waals surface area contributed by atoms with Crippen LogP contribution in [0.5, 0.6) is 0 Å². The van der Waals surface area contributed by atoms with Crippen molar-refractivity contribution in [2.45, 2.75) is 41.0 Å². The Morgan fingerprint density at radius 3 is 1.92 bits per heavy atom. The lowest BCUT2D eigenvalue weighted by molar-refractivity contribution is 1.11. The zero-order valence-corrected chi connectivity index (χ0v) is 8.99. The fourth-order valence-corrected chi connectivity index (χ4v) is 0.685. The zero-order valence-electron chi connectivity index (χ0n) is 8.99. The van der Waals surface area contributed by atoms with Crippen LogP contribution in [0.25, 0.3) is 0 Å². The molecular weight excluding hydrogens is 144 g/mol. The molecule has 0 saturated heterocycles. The first-order valence-corrected chi connectivity index (χ1v) is 4.40. The van der Waals surface area contributed by atoms with E-state index in [4.69, 9.17) is 0 Å². The maximum absolute atomic E-state index is 3.89. The second-order valence-corrected chi connectivity index (χ2v) is 3.65. The van der Waals surface area contributed by atoms with Gasteiger partial charge in [-0.05, 0) is 41.0 Å². The summed E-state index contributed by atoms with van der Waals surface area (Å²) in [5.41, 5.74) is 5.34. The van der Waals surface area contributed by atoms with Crippen molar-refractivity contribution in [3.63, 3.8) is 0 Å². The maximum atomic E-state index is 3.89. The number of rotatable bonds is 3. The molecule has 0 aromatic carbocycles. The van der Waals surface area contributed by atoms with Gasteiger partial charge < -0.3 is 0 Å². The lowest BCUT2D eigenvalue weighted by Crippen LogP contribution is -1.81. The van der Waals surface area contributed by atoms with E-state index in [1.165, 1.54) is 16.7 Å². The first-order valence-electron chi connectivity index (χ1n) is 4.40. The normalized spacial score (nSPS) is 11.2. The Morgan fingerprint density at radius 1 is 1.08 bits per heavy atom. The first-order chi connectivity index (χ1) is 5.45. The van der Waals surface area contributed by atoms with Crippen molar-refractivity contribution in [3.05, 3.63) is 34.9 Å². The van der Waals surface area contributed by atoms with Gasteiger partial charge in [-0.1, -0.05) is 34.9 Å². The summed E-state index contributed by atoms with van der Waals surface area (Å²) in [6.07, 6.45) is 3.30. The van der Waals surface area contributed by atoms with Gasteiger partial charge in [0.2, 0.25) is 0 Å². The van der Waals surface area contributed by atoms with Crippen LogP contribution >= 0.6 is 0 Å². The fraction of sp³-hybridized carbons (Fsp3) is 0.500. The molecule has 0 bridgehead atoms. The second kappa shape index (κ2) is 4.97. The highest BCUT2D eigenvalue weighted by molar-refractivity contribution is 5.25. The summed E-state index contributed by atoms with van der Waals surface area (Å²) < 4.78 is 0. The summed E-state index contributed by atoms with van der Waals surface area (Å²) in [5, 5.41) is 0. The minimum atomic E-state index is 1.06. The molecule has 0 saturated carbocycles. The summed E-state index contributed by atoms with van der Waals surface area (Å²) in [6.45, 7) is 14.5. The summed E-state index contributed by atoms with van der Waals surface area (Å²) >= 11 is 0. The summed E-state index contributed by atoms with van der Waals surface area (Å²) in [4.78, 5) is 0. The van der Waals surface area contributed by atoms with E-state index in [0.29, 0.717) is 0 Å². The third-order valence-electron chi connectivity index (χ3n) is 2.24. The predicted molar refractivity (Wildman–Crippen MR) is 57.2 cm³/mol. The van der Waals surface area contributed by atoms with E-state index in [2.05, 4.69) is 40.3 Å². The third-order valence-corrected chi connectivity index (χ3v) is 2.24. The van der Waals surface area contributed by atoms with Crippen molar-refractivity contribution in [2.24, 2.45) is 0 Å². The molecule has 0 aromatic heterocycles. The van der Waals surface area contributed by atoms with E-state index >= 15 is 0 Å².